The Morgan fingerprint density at radius 2 is 1.75 bits per heavy atom. The number of carbonyl (C=O) groups excluding carboxylic acids is 1. The zero-order chi connectivity index (χ0) is 25.5. The van der Waals surface area contributed by atoms with Crippen LogP contribution in [0.15, 0.2) is 71.6 Å². The van der Waals surface area contributed by atoms with E-state index in [4.69, 9.17) is 9.47 Å². The maximum atomic E-state index is 13.0. The third kappa shape index (κ3) is 6.14. The summed E-state index contributed by atoms with van der Waals surface area (Å²) in [7, 11) is -4.19. The van der Waals surface area contributed by atoms with Crippen molar-refractivity contribution in [2.45, 2.75) is 11.3 Å². The summed E-state index contributed by atoms with van der Waals surface area (Å²) < 4.78 is 38.9. The van der Waals surface area contributed by atoms with Gasteiger partial charge in [-0.15, -0.1) is 0 Å². The van der Waals surface area contributed by atoms with Crippen molar-refractivity contribution >= 4 is 21.7 Å². The van der Waals surface area contributed by atoms with Crippen LogP contribution in [0.3, 0.4) is 0 Å². The van der Waals surface area contributed by atoms with Crippen LogP contribution in [0.1, 0.15) is 16.8 Å². The molecule has 1 fully saturated rings. The Bertz CT molecular complexity index is 1310. The summed E-state index contributed by atoms with van der Waals surface area (Å²) >= 11 is 0. The molecule has 3 aromatic carbocycles. The zero-order valence-electron chi connectivity index (χ0n) is 19.6. The van der Waals surface area contributed by atoms with E-state index in [1.807, 2.05) is 6.07 Å². The molecule has 3 N–H and O–H groups in total. The minimum absolute atomic E-state index is 0.0286. The van der Waals surface area contributed by atoms with Crippen LogP contribution in [-0.2, 0) is 19.5 Å². The van der Waals surface area contributed by atoms with Gasteiger partial charge in [0.15, 0.2) is 0 Å². The average molecular weight is 513 g/mol. The fraction of sp³-hybridized carbons (Fsp3) is 0.269. The smallest absolute Gasteiger partial charge is 0.341 e. The first-order chi connectivity index (χ1) is 17.3. The number of aromatic hydroxyl groups is 2. The molecule has 1 saturated heterocycles. The van der Waals surface area contributed by atoms with Gasteiger partial charge in [0.05, 0.1) is 25.5 Å². The molecule has 9 nitrogen and oxygen atoms in total. The standard InChI is InChI=1S/C26H28N2O7S/c29-23-18-20(10-11-22(23)26(31)35-15-5-12-28-13-16-34-17-14-28)27-36(32,33)24-9-4-8-21(25(24)30)19-6-2-1-3-7-19/h1-4,6-11,18,27,29-30H,5,12-17H2. The lowest BCUT2D eigenvalue weighted by Gasteiger charge is -2.26. The number of benzene rings is 3. The first-order valence-electron chi connectivity index (χ1n) is 11.6. The molecule has 0 radical (unpaired) electrons. The monoisotopic (exact) mass is 512 g/mol. The molecule has 0 spiro atoms. The number of hydrogen-bond donors (Lipinski definition) is 3. The Hall–Kier alpha value is -3.60. The van der Waals surface area contributed by atoms with E-state index in [1.165, 1.54) is 24.3 Å². The minimum atomic E-state index is -4.19. The van der Waals surface area contributed by atoms with Crippen molar-refractivity contribution in [2.75, 3.05) is 44.2 Å². The fourth-order valence-electron chi connectivity index (χ4n) is 3.92. The van der Waals surface area contributed by atoms with Crippen molar-refractivity contribution in [3.8, 4) is 22.6 Å². The summed E-state index contributed by atoms with van der Waals surface area (Å²) in [5.41, 5.74) is 0.990. The van der Waals surface area contributed by atoms with Gasteiger partial charge in [0.1, 0.15) is 22.0 Å². The first-order valence-corrected chi connectivity index (χ1v) is 13.0. The second kappa shape index (κ2) is 11.4. The van der Waals surface area contributed by atoms with Crippen molar-refractivity contribution < 1.29 is 32.9 Å². The van der Waals surface area contributed by atoms with Crippen LogP contribution < -0.4 is 4.72 Å². The number of nitrogens with one attached hydrogen (secondary N) is 1. The third-order valence-corrected chi connectivity index (χ3v) is 7.21. The summed E-state index contributed by atoms with van der Waals surface area (Å²) in [6, 6.07) is 17.1. The summed E-state index contributed by atoms with van der Waals surface area (Å²) in [6.07, 6.45) is 0.649. The molecule has 1 aliphatic heterocycles. The Balaban J connectivity index is 1.40. The number of nitrogens with zero attached hydrogens (tertiary/aromatic N) is 1. The van der Waals surface area contributed by atoms with Crippen molar-refractivity contribution in [3.63, 3.8) is 0 Å². The number of phenols is 2. The van der Waals surface area contributed by atoms with E-state index in [9.17, 15) is 23.4 Å². The van der Waals surface area contributed by atoms with Gasteiger partial charge in [0.25, 0.3) is 10.0 Å². The molecule has 0 aromatic heterocycles. The highest BCUT2D eigenvalue weighted by Gasteiger charge is 2.22. The summed E-state index contributed by atoms with van der Waals surface area (Å²) in [5.74, 6) is -1.51. The van der Waals surface area contributed by atoms with E-state index in [0.717, 1.165) is 25.7 Å². The Kier molecular flexibility index (Phi) is 8.09. The second-order valence-electron chi connectivity index (χ2n) is 8.30. The van der Waals surface area contributed by atoms with Crippen molar-refractivity contribution in [2.24, 2.45) is 0 Å². The van der Waals surface area contributed by atoms with Gasteiger partial charge in [-0.3, -0.25) is 9.62 Å². The van der Waals surface area contributed by atoms with Gasteiger partial charge in [0.2, 0.25) is 0 Å². The average Bonchev–Trinajstić information content (AvgIpc) is 2.87. The normalized spacial score (nSPS) is 14.3. The van der Waals surface area contributed by atoms with E-state index in [2.05, 4.69) is 9.62 Å². The largest absolute Gasteiger partial charge is 0.507 e. The summed E-state index contributed by atoms with van der Waals surface area (Å²) in [5, 5.41) is 21.0. The van der Waals surface area contributed by atoms with Gasteiger partial charge in [0, 0.05) is 31.3 Å². The number of phenolic OH excluding ortho intramolecular Hbond substituents is 2. The number of anilines is 1. The van der Waals surface area contributed by atoms with Gasteiger partial charge in [-0.25, -0.2) is 13.2 Å². The van der Waals surface area contributed by atoms with Crippen LogP contribution in [0.4, 0.5) is 5.69 Å². The highest BCUT2D eigenvalue weighted by molar-refractivity contribution is 7.92. The molecule has 0 amide bonds. The maximum absolute atomic E-state index is 13.0. The number of hydrogen-bond acceptors (Lipinski definition) is 8. The number of carbonyl (C=O) groups is 1. The maximum Gasteiger partial charge on any atom is 0.341 e. The zero-order valence-corrected chi connectivity index (χ0v) is 20.4. The second-order valence-corrected chi connectivity index (χ2v) is 9.95. The number of sulfonamides is 1. The summed E-state index contributed by atoms with van der Waals surface area (Å²) in [6.45, 7) is 4.06. The molecule has 3 aromatic rings. The van der Waals surface area contributed by atoms with Gasteiger partial charge < -0.3 is 19.7 Å². The molecule has 0 atom stereocenters. The van der Waals surface area contributed by atoms with Crippen LogP contribution in [0.25, 0.3) is 11.1 Å². The van der Waals surface area contributed by atoms with E-state index in [-0.39, 0.29) is 22.8 Å². The van der Waals surface area contributed by atoms with Crippen LogP contribution in [0.5, 0.6) is 11.5 Å². The molecule has 190 valence electrons. The Labute approximate surface area is 210 Å². The molecular weight excluding hydrogens is 484 g/mol. The lowest BCUT2D eigenvalue weighted by Crippen LogP contribution is -2.37. The quantitative estimate of drug-likeness (QED) is 0.294. The number of morpholine rings is 1. The molecule has 10 heteroatoms. The number of rotatable bonds is 9. The van der Waals surface area contributed by atoms with Crippen molar-refractivity contribution in [1.29, 1.82) is 0 Å². The lowest BCUT2D eigenvalue weighted by molar-refractivity contribution is 0.0297. The molecular formula is C26H28N2O7S. The van der Waals surface area contributed by atoms with Crippen LogP contribution in [0, 0.1) is 0 Å². The molecule has 0 bridgehead atoms. The summed E-state index contributed by atoms with van der Waals surface area (Å²) in [4.78, 5) is 14.3. The topological polar surface area (TPSA) is 125 Å². The molecule has 36 heavy (non-hydrogen) atoms. The third-order valence-electron chi connectivity index (χ3n) is 5.80. The molecule has 0 saturated carbocycles. The van der Waals surface area contributed by atoms with Gasteiger partial charge in [-0.05, 0) is 30.2 Å². The SMILES string of the molecule is O=C(OCCCN1CCOCC1)c1ccc(NS(=O)(=O)c2cccc(-c3ccccc3)c2O)cc1O. The fourth-order valence-corrected chi connectivity index (χ4v) is 5.09. The van der Waals surface area contributed by atoms with Gasteiger partial charge in [-0.1, -0.05) is 42.5 Å². The van der Waals surface area contributed by atoms with Crippen molar-refractivity contribution in [1.82, 2.24) is 4.90 Å². The van der Waals surface area contributed by atoms with E-state index >= 15 is 0 Å². The number of ether oxygens (including phenoxy) is 2. The Morgan fingerprint density at radius 1 is 1.00 bits per heavy atom. The highest BCUT2D eigenvalue weighted by Crippen LogP contribution is 2.35. The van der Waals surface area contributed by atoms with E-state index < -0.39 is 27.5 Å². The molecule has 1 aliphatic rings. The van der Waals surface area contributed by atoms with Gasteiger partial charge >= 0.3 is 5.97 Å². The van der Waals surface area contributed by atoms with E-state index in [1.54, 1.807) is 30.3 Å². The number of para-hydroxylation sites is 1. The Morgan fingerprint density at radius 3 is 2.47 bits per heavy atom. The van der Waals surface area contributed by atoms with Crippen LogP contribution in [-0.4, -0.2) is 69.0 Å². The lowest BCUT2D eigenvalue weighted by atomic mass is 10.1. The van der Waals surface area contributed by atoms with Crippen LogP contribution in [0.2, 0.25) is 0 Å². The predicted molar refractivity (Wildman–Crippen MR) is 135 cm³/mol. The molecule has 4 rings (SSSR count). The molecule has 1 heterocycles. The van der Waals surface area contributed by atoms with Crippen LogP contribution >= 0.6 is 0 Å². The number of esters is 1. The first kappa shape index (κ1) is 25.5. The predicted octanol–water partition coefficient (Wildman–Crippen LogP) is 3.44. The van der Waals surface area contributed by atoms with Crippen molar-refractivity contribution in [3.05, 3.63) is 72.3 Å². The van der Waals surface area contributed by atoms with E-state index in [0.29, 0.717) is 30.8 Å². The van der Waals surface area contributed by atoms with Gasteiger partial charge in [-0.2, -0.15) is 0 Å². The molecule has 0 aliphatic carbocycles. The highest BCUT2D eigenvalue weighted by atomic mass is 32.2. The molecule has 0 unspecified atom stereocenters. The minimum Gasteiger partial charge on any atom is -0.507 e.